The minimum atomic E-state index is -0.882. The summed E-state index contributed by atoms with van der Waals surface area (Å²) in [6.07, 6.45) is 0. The van der Waals surface area contributed by atoms with Gasteiger partial charge in [-0.25, -0.2) is 0 Å². The molecule has 1 aliphatic heterocycles. The number of carbonyl (C=O) groups excluding carboxylic acids is 4. The lowest BCUT2D eigenvalue weighted by atomic mass is 10.1. The van der Waals surface area contributed by atoms with Crippen molar-refractivity contribution in [3.63, 3.8) is 0 Å². The van der Waals surface area contributed by atoms with E-state index in [-0.39, 0.29) is 27.0 Å². The van der Waals surface area contributed by atoms with Crippen molar-refractivity contribution in [3.8, 4) is 0 Å². The number of halogens is 2. The Bertz CT molecular complexity index is 1210. The number of rotatable bonds is 5. The van der Waals surface area contributed by atoms with Crippen molar-refractivity contribution < 1.29 is 23.9 Å². The summed E-state index contributed by atoms with van der Waals surface area (Å²) >= 11 is 11.8. The van der Waals surface area contributed by atoms with Gasteiger partial charge in [0.15, 0.2) is 6.61 Å². The van der Waals surface area contributed by atoms with Gasteiger partial charge in [-0.1, -0.05) is 41.4 Å². The maximum absolute atomic E-state index is 12.6. The number of para-hydroxylation sites is 1. The van der Waals surface area contributed by atoms with Gasteiger partial charge in [-0.15, -0.1) is 0 Å². The molecule has 0 atom stereocenters. The number of hydrogen-bond donors (Lipinski definition) is 1. The largest absolute Gasteiger partial charge is 0.456 e. The summed E-state index contributed by atoms with van der Waals surface area (Å²) in [7, 11) is 0. The number of H-pyrrole nitrogens is 1. The summed E-state index contributed by atoms with van der Waals surface area (Å²) in [5.41, 5.74) is 2.02. The van der Waals surface area contributed by atoms with E-state index >= 15 is 0 Å². The first-order valence-corrected chi connectivity index (χ1v) is 9.65. The molecule has 9 heteroatoms. The molecule has 1 N–H and O–H groups in total. The topological polar surface area (TPSA) is 96.5 Å². The Morgan fingerprint density at radius 3 is 2.27 bits per heavy atom. The number of aryl methyl sites for hydroxylation is 1. The average molecular weight is 445 g/mol. The van der Waals surface area contributed by atoms with Gasteiger partial charge in [-0.05, 0) is 25.1 Å². The van der Waals surface area contributed by atoms with Crippen LogP contribution in [0.1, 0.15) is 36.8 Å². The van der Waals surface area contributed by atoms with Gasteiger partial charge in [0.25, 0.3) is 11.8 Å². The van der Waals surface area contributed by atoms with Crippen LogP contribution in [0.25, 0.3) is 10.9 Å². The fourth-order valence-corrected chi connectivity index (χ4v) is 3.78. The third-order valence-electron chi connectivity index (χ3n) is 4.84. The average Bonchev–Trinajstić information content (AvgIpc) is 3.16. The van der Waals surface area contributed by atoms with E-state index in [1.165, 1.54) is 12.1 Å². The first kappa shape index (κ1) is 20.1. The Morgan fingerprint density at radius 1 is 1.03 bits per heavy atom. The first-order valence-electron chi connectivity index (χ1n) is 8.89. The highest BCUT2D eigenvalue weighted by Crippen LogP contribution is 2.31. The zero-order valence-electron chi connectivity index (χ0n) is 15.6. The molecule has 0 unspecified atom stereocenters. The van der Waals surface area contributed by atoms with E-state index in [1.807, 2.05) is 12.1 Å². The molecule has 152 valence electrons. The number of benzene rings is 2. The van der Waals surface area contributed by atoms with Crippen molar-refractivity contribution in [2.24, 2.45) is 0 Å². The molecule has 1 aromatic heterocycles. The van der Waals surface area contributed by atoms with Crippen LogP contribution in [0.3, 0.4) is 0 Å². The van der Waals surface area contributed by atoms with Gasteiger partial charge in [-0.2, -0.15) is 0 Å². The van der Waals surface area contributed by atoms with Gasteiger partial charge in [0.2, 0.25) is 5.78 Å². The Labute approximate surface area is 180 Å². The predicted octanol–water partition coefficient (Wildman–Crippen LogP) is 3.81. The number of aromatic amines is 1. The maximum atomic E-state index is 12.6. The number of amides is 2. The standard InChI is InChI=1S/C21H14Cl2N2O5/c1-10-19(11-4-2-3-5-16(11)24-10)17(26)9-30-18(27)8-25-20(28)12-6-14(22)15(23)7-13(12)21(25)29/h2-7,24H,8-9H2,1H3. The molecule has 2 aromatic carbocycles. The van der Waals surface area contributed by atoms with Crippen LogP contribution < -0.4 is 0 Å². The number of ether oxygens (including phenoxy) is 1. The number of Topliss-reactive ketones (excluding diaryl/α,β-unsaturated/α-hetero) is 1. The third kappa shape index (κ3) is 3.36. The van der Waals surface area contributed by atoms with Gasteiger partial charge in [-0.3, -0.25) is 24.1 Å². The molecule has 0 saturated carbocycles. The van der Waals surface area contributed by atoms with E-state index in [0.717, 1.165) is 15.8 Å². The molecular weight excluding hydrogens is 431 g/mol. The summed E-state index contributed by atoms with van der Waals surface area (Å²) < 4.78 is 5.04. The number of fused-ring (bicyclic) bond motifs is 2. The van der Waals surface area contributed by atoms with Crippen LogP contribution in [0, 0.1) is 6.92 Å². The monoisotopic (exact) mass is 444 g/mol. The first-order chi connectivity index (χ1) is 14.3. The predicted molar refractivity (Wildman–Crippen MR) is 110 cm³/mol. The molecular formula is C21H14Cl2N2O5. The number of esters is 1. The molecule has 3 aromatic rings. The summed E-state index contributed by atoms with van der Waals surface area (Å²) in [5.74, 6) is -2.62. The van der Waals surface area contributed by atoms with Gasteiger partial charge in [0.1, 0.15) is 6.54 Å². The molecule has 2 amide bonds. The van der Waals surface area contributed by atoms with Crippen molar-refractivity contribution in [2.45, 2.75) is 6.92 Å². The number of carbonyl (C=O) groups is 4. The second-order valence-electron chi connectivity index (χ2n) is 6.76. The van der Waals surface area contributed by atoms with Crippen LogP contribution in [0.5, 0.6) is 0 Å². The molecule has 1 aliphatic rings. The molecule has 2 heterocycles. The maximum Gasteiger partial charge on any atom is 0.326 e. The van der Waals surface area contributed by atoms with Crippen molar-refractivity contribution >= 4 is 57.7 Å². The lowest BCUT2D eigenvalue weighted by molar-refractivity contribution is -0.142. The summed E-state index contributed by atoms with van der Waals surface area (Å²) in [5, 5.41) is 0.978. The number of aromatic nitrogens is 1. The molecule has 30 heavy (non-hydrogen) atoms. The van der Waals surface area contributed by atoms with E-state index < -0.39 is 30.9 Å². The number of hydrogen-bond acceptors (Lipinski definition) is 5. The Morgan fingerprint density at radius 2 is 1.63 bits per heavy atom. The quantitative estimate of drug-likeness (QED) is 0.366. The minimum Gasteiger partial charge on any atom is -0.456 e. The zero-order chi connectivity index (χ0) is 21.6. The highest BCUT2D eigenvalue weighted by Gasteiger charge is 2.38. The van der Waals surface area contributed by atoms with Gasteiger partial charge >= 0.3 is 5.97 Å². The molecule has 0 saturated heterocycles. The molecule has 0 fully saturated rings. The second-order valence-corrected chi connectivity index (χ2v) is 7.58. The zero-order valence-corrected chi connectivity index (χ0v) is 17.1. The SMILES string of the molecule is Cc1[nH]c2ccccc2c1C(=O)COC(=O)CN1C(=O)c2cc(Cl)c(Cl)cc2C1=O. The van der Waals surface area contributed by atoms with Crippen LogP contribution in [-0.2, 0) is 9.53 Å². The van der Waals surface area contributed by atoms with Gasteiger partial charge in [0, 0.05) is 22.2 Å². The highest BCUT2D eigenvalue weighted by molar-refractivity contribution is 6.43. The smallest absolute Gasteiger partial charge is 0.326 e. The number of imide groups is 1. The van der Waals surface area contributed by atoms with Crippen LogP contribution in [-0.4, -0.2) is 46.6 Å². The lowest BCUT2D eigenvalue weighted by Gasteiger charge is -2.12. The van der Waals surface area contributed by atoms with Gasteiger partial charge < -0.3 is 9.72 Å². The van der Waals surface area contributed by atoms with E-state index in [4.69, 9.17) is 27.9 Å². The van der Waals surface area contributed by atoms with Gasteiger partial charge in [0.05, 0.1) is 21.2 Å². The third-order valence-corrected chi connectivity index (χ3v) is 5.56. The van der Waals surface area contributed by atoms with Crippen molar-refractivity contribution in [3.05, 3.63) is 68.8 Å². The normalized spacial score (nSPS) is 13.1. The fraction of sp³-hybridized carbons (Fsp3) is 0.143. The van der Waals surface area contributed by atoms with Crippen LogP contribution in [0.4, 0.5) is 0 Å². The minimum absolute atomic E-state index is 0.0627. The lowest BCUT2D eigenvalue weighted by Crippen LogP contribution is -2.36. The Kier molecular flexibility index (Phi) is 5.09. The molecule has 0 aliphatic carbocycles. The Hall–Kier alpha value is -3.16. The molecule has 0 radical (unpaired) electrons. The van der Waals surface area contributed by atoms with E-state index in [1.54, 1.807) is 19.1 Å². The molecule has 0 bridgehead atoms. The van der Waals surface area contributed by atoms with Crippen LogP contribution in [0.2, 0.25) is 10.0 Å². The second kappa shape index (κ2) is 7.59. The number of nitrogens with zero attached hydrogens (tertiary/aromatic N) is 1. The fourth-order valence-electron chi connectivity index (χ4n) is 3.46. The van der Waals surface area contributed by atoms with Crippen molar-refractivity contribution in [2.75, 3.05) is 13.2 Å². The molecule has 0 spiro atoms. The number of nitrogens with one attached hydrogen (secondary N) is 1. The van der Waals surface area contributed by atoms with E-state index in [2.05, 4.69) is 4.98 Å². The summed E-state index contributed by atoms with van der Waals surface area (Å²) in [6, 6.07) is 9.85. The number of ketones is 1. The Balaban J connectivity index is 1.44. The highest BCUT2D eigenvalue weighted by atomic mass is 35.5. The van der Waals surface area contributed by atoms with E-state index in [0.29, 0.717) is 11.3 Å². The van der Waals surface area contributed by atoms with E-state index in [9.17, 15) is 19.2 Å². The summed E-state index contributed by atoms with van der Waals surface area (Å²) in [4.78, 5) is 53.5. The van der Waals surface area contributed by atoms with Crippen LogP contribution >= 0.6 is 23.2 Å². The van der Waals surface area contributed by atoms with Crippen molar-refractivity contribution in [1.29, 1.82) is 0 Å². The summed E-state index contributed by atoms with van der Waals surface area (Å²) in [6.45, 7) is 0.619. The van der Waals surface area contributed by atoms with Crippen molar-refractivity contribution in [1.82, 2.24) is 9.88 Å². The molecule has 4 rings (SSSR count). The van der Waals surface area contributed by atoms with Crippen LogP contribution in [0.15, 0.2) is 36.4 Å². The molecule has 7 nitrogen and oxygen atoms in total.